The van der Waals surface area contributed by atoms with Crippen molar-refractivity contribution in [3.05, 3.63) is 54.4 Å². The third-order valence-electron chi connectivity index (χ3n) is 5.71. The molecule has 2 rings (SSSR count). The highest BCUT2D eigenvalue weighted by molar-refractivity contribution is 5.73. The minimum atomic E-state index is -0.316. The summed E-state index contributed by atoms with van der Waals surface area (Å²) < 4.78 is 10.6. The fourth-order valence-electron chi connectivity index (χ4n) is 3.59. The third kappa shape index (κ3) is 11.8. The van der Waals surface area contributed by atoms with Crippen molar-refractivity contribution in [1.29, 1.82) is 0 Å². The lowest BCUT2D eigenvalue weighted by Crippen LogP contribution is -2.14. The zero-order valence-electron chi connectivity index (χ0n) is 21.5. The van der Waals surface area contributed by atoms with Gasteiger partial charge in [-0.2, -0.15) is 0 Å². The lowest BCUT2D eigenvalue weighted by molar-refractivity contribution is -0.148. The number of ether oxygens (including phenoxy) is 2. The number of aromatic nitrogens is 2. The van der Waals surface area contributed by atoms with E-state index in [1.807, 2.05) is 37.3 Å². The van der Waals surface area contributed by atoms with E-state index in [1.165, 1.54) is 50.9 Å². The molecule has 0 radical (unpaired) electrons. The molecule has 0 saturated carbocycles. The predicted molar refractivity (Wildman–Crippen MR) is 139 cm³/mol. The SMILES string of the molecule is CCCCCCCC/C=C\CC(=O)Oc1cnc(-c2ccc(CCC(C)OC(=O)CC)cc2)nc1. The Morgan fingerprint density at radius 1 is 0.914 bits per heavy atom. The minimum absolute atomic E-state index is 0.100. The Hall–Kier alpha value is -3.02. The lowest BCUT2D eigenvalue weighted by Gasteiger charge is -2.12. The largest absolute Gasteiger partial charge is 0.463 e. The van der Waals surface area contributed by atoms with E-state index in [2.05, 4.69) is 23.0 Å². The molecular weight excluding hydrogens is 440 g/mol. The Labute approximate surface area is 210 Å². The van der Waals surface area contributed by atoms with Gasteiger partial charge in [-0.1, -0.05) is 82.4 Å². The second-order valence-electron chi connectivity index (χ2n) is 8.84. The molecule has 0 bridgehead atoms. The van der Waals surface area contributed by atoms with Gasteiger partial charge in [0.1, 0.15) is 0 Å². The molecular formula is C29H40N2O4. The van der Waals surface area contributed by atoms with Gasteiger partial charge >= 0.3 is 11.9 Å². The number of aryl methyl sites for hydroxylation is 1. The molecule has 1 aromatic carbocycles. The molecule has 190 valence electrons. The maximum absolute atomic E-state index is 12.0. The van der Waals surface area contributed by atoms with Crippen molar-refractivity contribution < 1.29 is 19.1 Å². The Balaban J connectivity index is 1.72. The number of nitrogens with zero attached hydrogens (tertiary/aromatic N) is 2. The van der Waals surface area contributed by atoms with Crippen LogP contribution < -0.4 is 4.74 Å². The van der Waals surface area contributed by atoms with Crippen molar-refractivity contribution in [2.75, 3.05) is 0 Å². The topological polar surface area (TPSA) is 78.4 Å². The first-order valence-corrected chi connectivity index (χ1v) is 13.0. The fraction of sp³-hybridized carbons (Fsp3) is 0.517. The molecule has 0 fully saturated rings. The van der Waals surface area contributed by atoms with Gasteiger partial charge in [0, 0.05) is 12.0 Å². The van der Waals surface area contributed by atoms with Crippen LogP contribution in [0, 0.1) is 0 Å². The quantitative estimate of drug-likeness (QED) is 0.146. The number of benzene rings is 1. The van der Waals surface area contributed by atoms with Crippen LogP contribution in [-0.2, 0) is 20.7 Å². The van der Waals surface area contributed by atoms with Crippen molar-refractivity contribution in [1.82, 2.24) is 9.97 Å². The summed E-state index contributed by atoms with van der Waals surface area (Å²) in [6.45, 7) is 5.93. The van der Waals surface area contributed by atoms with Crippen molar-refractivity contribution in [3.63, 3.8) is 0 Å². The second-order valence-corrected chi connectivity index (χ2v) is 8.84. The van der Waals surface area contributed by atoms with Crippen LogP contribution in [0.5, 0.6) is 5.75 Å². The Morgan fingerprint density at radius 3 is 2.29 bits per heavy atom. The standard InChI is InChI=1S/C29H40N2O4/c1-4-6-7-8-9-10-11-12-13-14-28(33)35-26-21-30-29(31-22-26)25-19-17-24(18-20-25)16-15-23(3)34-27(32)5-2/h12-13,17-23H,4-11,14-16H2,1-3H3/b13-12-. The van der Waals surface area contributed by atoms with E-state index in [4.69, 9.17) is 9.47 Å². The van der Waals surface area contributed by atoms with Gasteiger partial charge in [0.25, 0.3) is 0 Å². The molecule has 6 heteroatoms. The Kier molecular flexibility index (Phi) is 13.4. The molecule has 1 atom stereocenters. The van der Waals surface area contributed by atoms with Gasteiger partial charge in [0.05, 0.1) is 24.9 Å². The van der Waals surface area contributed by atoms with Crippen LogP contribution in [0.2, 0.25) is 0 Å². The monoisotopic (exact) mass is 480 g/mol. The summed E-state index contributed by atoms with van der Waals surface area (Å²) in [5.74, 6) is 0.429. The van der Waals surface area contributed by atoms with Crippen molar-refractivity contribution in [2.45, 2.75) is 97.5 Å². The predicted octanol–water partition coefficient (Wildman–Crippen LogP) is 7.02. The number of allylic oxidation sites excluding steroid dienone is 1. The Morgan fingerprint density at radius 2 is 1.60 bits per heavy atom. The molecule has 1 heterocycles. The van der Waals surface area contributed by atoms with Crippen molar-refractivity contribution in [2.24, 2.45) is 0 Å². The number of unbranched alkanes of at least 4 members (excludes halogenated alkanes) is 6. The summed E-state index contributed by atoms with van der Waals surface area (Å²) in [5, 5.41) is 0. The maximum Gasteiger partial charge on any atom is 0.315 e. The number of hydrogen-bond donors (Lipinski definition) is 0. The van der Waals surface area contributed by atoms with Crippen LogP contribution in [0.15, 0.2) is 48.8 Å². The van der Waals surface area contributed by atoms with Crippen LogP contribution in [0.1, 0.15) is 90.5 Å². The smallest absolute Gasteiger partial charge is 0.315 e. The molecule has 1 unspecified atom stereocenters. The zero-order valence-corrected chi connectivity index (χ0v) is 21.5. The van der Waals surface area contributed by atoms with Crippen molar-refractivity contribution >= 4 is 11.9 Å². The van der Waals surface area contributed by atoms with E-state index in [1.54, 1.807) is 6.92 Å². The number of carbonyl (C=O) groups is 2. The highest BCUT2D eigenvalue weighted by atomic mass is 16.5. The van der Waals surface area contributed by atoms with Gasteiger partial charge in [-0.15, -0.1) is 0 Å². The first kappa shape index (κ1) is 28.2. The Bertz CT molecular complexity index is 907. The van der Waals surface area contributed by atoms with Gasteiger partial charge in [-0.25, -0.2) is 9.97 Å². The van der Waals surface area contributed by atoms with E-state index in [9.17, 15) is 9.59 Å². The van der Waals surface area contributed by atoms with E-state index in [0.29, 0.717) is 18.0 Å². The lowest BCUT2D eigenvalue weighted by atomic mass is 10.1. The molecule has 0 aliphatic carbocycles. The van der Waals surface area contributed by atoms with Gasteiger partial charge < -0.3 is 9.47 Å². The van der Waals surface area contributed by atoms with Gasteiger partial charge in [0.2, 0.25) is 0 Å². The average molecular weight is 481 g/mol. The van der Waals surface area contributed by atoms with Gasteiger partial charge in [-0.3, -0.25) is 9.59 Å². The minimum Gasteiger partial charge on any atom is -0.463 e. The van der Waals surface area contributed by atoms with Gasteiger partial charge in [-0.05, 0) is 38.2 Å². The molecule has 0 aliphatic heterocycles. The summed E-state index contributed by atoms with van der Waals surface area (Å²) in [6, 6.07) is 7.98. The first-order valence-electron chi connectivity index (χ1n) is 13.0. The molecule has 0 saturated heterocycles. The second kappa shape index (κ2) is 16.6. The number of carbonyl (C=O) groups excluding carboxylic acids is 2. The van der Waals surface area contributed by atoms with Crippen LogP contribution in [0.25, 0.3) is 11.4 Å². The summed E-state index contributed by atoms with van der Waals surface area (Å²) in [5.41, 5.74) is 2.04. The number of hydrogen-bond acceptors (Lipinski definition) is 6. The van der Waals surface area contributed by atoms with Crippen LogP contribution in [-0.4, -0.2) is 28.0 Å². The van der Waals surface area contributed by atoms with Crippen LogP contribution >= 0.6 is 0 Å². The maximum atomic E-state index is 12.0. The molecule has 0 aliphatic rings. The highest BCUT2D eigenvalue weighted by Gasteiger charge is 2.09. The molecule has 0 spiro atoms. The normalized spacial score (nSPS) is 12.0. The molecule has 1 aromatic heterocycles. The van der Waals surface area contributed by atoms with E-state index in [-0.39, 0.29) is 24.5 Å². The molecule has 2 aromatic rings. The molecule has 35 heavy (non-hydrogen) atoms. The van der Waals surface area contributed by atoms with E-state index >= 15 is 0 Å². The summed E-state index contributed by atoms with van der Waals surface area (Å²) >= 11 is 0. The summed E-state index contributed by atoms with van der Waals surface area (Å²) in [6.07, 6.45) is 17.7. The van der Waals surface area contributed by atoms with Crippen LogP contribution in [0.3, 0.4) is 0 Å². The van der Waals surface area contributed by atoms with Gasteiger partial charge in [0.15, 0.2) is 11.6 Å². The molecule has 6 nitrogen and oxygen atoms in total. The molecule has 0 N–H and O–H groups in total. The number of rotatable bonds is 16. The summed E-state index contributed by atoms with van der Waals surface area (Å²) in [4.78, 5) is 32.1. The van der Waals surface area contributed by atoms with E-state index < -0.39 is 0 Å². The van der Waals surface area contributed by atoms with Crippen LogP contribution in [0.4, 0.5) is 0 Å². The van der Waals surface area contributed by atoms with Crippen molar-refractivity contribution in [3.8, 4) is 17.1 Å². The number of esters is 2. The third-order valence-corrected chi connectivity index (χ3v) is 5.71. The average Bonchev–Trinajstić information content (AvgIpc) is 2.87. The highest BCUT2D eigenvalue weighted by Crippen LogP contribution is 2.19. The first-order chi connectivity index (χ1) is 17.0. The van der Waals surface area contributed by atoms with E-state index in [0.717, 1.165) is 30.4 Å². The fourth-order valence-corrected chi connectivity index (χ4v) is 3.59. The summed E-state index contributed by atoms with van der Waals surface area (Å²) in [7, 11) is 0. The molecule has 0 amide bonds. The zero-order chi connectivity index (χ0) is 25.3.